The Labute approximate surface area is 116 Å². The van der Waals surface area contributed by atoms with Gasteiger partial charge in [-0.15, -0.1) is 0 Å². The highest BCUT2D eigenvalue weighted by Crippen LogP contribution is 2.35. The lowest BCUT2D eigenvalue weighted by molar-refractivity contribution is 0.0954. The maximum Gasteiger partial charge on any atom is 0.271 e. The standard InChI is InChI=1S/C14H18N2O4/c17-11-6-10(7-12(18)13(11)19)14(20)16-15-8-9-4-2-1-3-5-9/h6-9,17-19H,1-5H2,(H,16,20)/b15-8+. The topological polar surface area (TPSA) is 102 Å². The van der Waals surface area contributed by atoms with Crippen molar-refractivity contribution in [3.63, 3.8) is 0 Å². The van der Waals surface area contributed by atoms with E-state index in [-0.39, 0.29) is 5.56 Å². The molecule has 1 aromatic rings. The van der Waals surface area contributed by atoms with Crippen LogP contribution in [0.4, 0.5) is 0 Å². The van der Waals surface area contributed by atoms with Gasteiger partial charge in [-0.2, -0.15) is 5.10 Å². The molecule has 1 aromatic carbocycles. The Balaban J connectivity index is 1.96. The zero-order valence-electron chi connectivity index (χ0n) is 11.0. The average Bonchev–Trinajstić information content (AvgIpc) is 2.45. The van der Waals surface area contributed by atoms with Gasteiger partial charge < -0.3 is 15.3 Å². The molecule has 1 fully saturated rings. The fourth-order valence-electron chi connectivity index (χ4n) is 2.28. The molecular formula is C14H18N2O4. The van der Waals surface area contributed by atoms with Gasteiger partial charge in [0.2, 0.25) is 0 Å². The van der Waals surface area contributed by atoms with E-state index in [1.165, 1.54) is 19.3 Å². The van der Waals surface area contributed by atoms with E-state index < -0.39 is 23.2 Å². The van der Waals surface area contributed by atoms with E-state index in [0.29, 0.717) is 5.92 Å². The largest absolute Gasteiger partial charge is 0.504 e. The quantitative estimate of drug-likeness (QED) is 0.386. The zero-order valence-corrected chi connectivity index (χ0v) is 11.0. The van der Waals surface area contributed by atoms with E-state index in [1.807, 2.05) is 0 Å². The molecule has 6 nitrogen and oxygen atoms in total. The van der Waals surface area contributed by atoms with E-state index in [9.17, 15) is 20.1 Å². The Morgan fingerprint density at radius 1 is 1.15 bits per heavy atom. The number of nitrogens with zero attached hydrogens (tertiary/aromatic N) is 1. The van der Waals surface area contributed by atoms with Crippen LogP contribution in [0.2, 0.25) is 0 Å². The summed E-state index contributed by atoms with van der Waals surface area (Å²) < 4.78 is 0. The number of rotatable bonds is 3. The second-order valence-electron chi connectivity index (χ2n) is 4.98. The molecule has 6 heteroatoms. The molecule has 1 amide bonds. The first-order valence-corrected chi connectivity index (χ1v) is 6.66. The molecule has 4 N–H and O–H groups in total. The number of amides is 1. The lowest BCUT2D eigenvalue weighted by atomic mass is 9.90. The average molecular weight is 278 g/mol. The summed E-state index contributed by atoms with van der Waals surface area (Å²) in [5.74, 6) is -1.90. The smallest absolute Gasteiger partial charge is 0.271 e. The van der Waals surface area contributed by atoms with Crippen LogP contribution in [0.1, 0.15) is 42.5 Å². The van der Waals surface area contributed by atoms with Crippen LogP contribution in [0, 0.1) is 5.92 Å². The van der Waals surface area contributed by atoms with Crippen LogP contribution in [-0.2, 0) is 0 Å². The van der Waals surface area contributed by atoms with Crippen LogP contribution in [0.25, 0.3) is 0 Å². The number of hydrogen-bond acceptors (Lipinski definition) is 5. The van der Waals surface area contributed by atoms with Crippen molar-refractivity contribution in [1.29, 1.82) is 0 Å². The number of carbonyl (C=O) groups excluding carboxylic acids is 1. The van der Waals surface area contributed by atoms with Crippen LogP contribution < -0.4 is 5.43 Å². The summed E-state index contributed by atoms with van der Waals surface area (Å²) in [5, 5.41) is 31.8. The second-order valence-corrected chi connectivity index (χ2v) is 4.98. The number of nitrogens with one attached hydrogen (secondary N) is 1. The maximum atomic E-state index is 11.8. The van der Waals surface area contributed by atoms with Gasteiger partial charge in [-0.05, 0) is 30.9 Å². The van der Waals surface area contributed by atoms with Crippen LogP contribution >= 0.6 is 0 Å². The number of hydrazone groups is 1. The number of carbonyl (C=O) groups is 1. The summed E-state index contributed by atoms with van der Waals surface area (Å²) in [7, 11) is 0. The van der Waals surface area contributed by atoms with Crippen molar-refractivity contribution in [2.24, 2.45) is 11.0 Å². The Bertz CT molecular complexity index is 499. The minimum atomic E-state index is -0.646. The molecular weight excluding hydrogens is 260 g/mol. The highest BCUT2D eigenvalue weighted by atomic mass is 16.3. The lowest BCUT2D eigenvalue weighted by Crippen LogP contribution is -2.19. The van der Waals surface area contributed by atoms with Gasteiger partial charge in [-0.1, -0.05) is 19.3 Å². The van der Waals surface area contributed by atoms with Gasteiger partial charge in [0, 0.05) is 11.8 Å². The first-order chi connectivity index (χ1) is 9.58. The van der Waals surface area contributed by atoms with Gasteiger partial charge in [0.15, 0.2) is 17.2 Å². The molecule has 0 radical (unpaired) electrons. The minimum Gasteiger partial charge on any atom is -0.504 e. The first-order valence-electron chi connectivity index (χ1n) is 6.66. The van der Waals surface area contributed by atoms with E-state index in [0.717, 1.165) is 25.0 Å². The minimum absolute atomic E-state index is 0.0265. The maximum absolute atomic E-state index is 11.8. The molecule has 0 aliphatic heterocycles. The molecule has 0 aromatic heterocycles. The van der Waals surface area contributed by atoms with Gasteiger partial charge in [0.1, 0.15) is 0 Å². The van der Waals surface area contributed by atoms with Gasteiger partial charge in [0.25, 0.3) is 5.91 Å². The summed E-state index contributed by atoms with van der Waals surface area (Å²) >= 11 is 0. The molecule has 0 atom stereocenters. The van der Waals surface area contributed by atoms with E-state index >= 15 is 0 Å². The number of hydrogen-bond donors (Lipinski definition) is 4. The van der Waals surface area contributed by atoms with Crippen molar-refractivity contribution in [2.45, 2.75) is 32.1 Å². The Hall–Kier alpha value is -2.24. The number of benzene rings is 1. The van der Waals surface area contributed by atoms with E-state index in [4.69, 9.17) is 0 Å². The zero-order chi connectivity index (χ0) is 14.5. The number of aromatic hydroxyl groups is 3. The van der Waals surface area contributed by atoms with Gasteiger partial charge >= 0.3 is 0 Å². The molecule has 1 aliphatic rings. The molecule has 108 valence electrons. The molecule has 20 heavy (non-hydrogen) atoms. The van der Waals surface area contributed by atoms with Gasteiger partial charge in [0.05, 0.1) is 0 Å². The summed E-state index contributed by atoms with van der Waals surface area (Å²) in [6, 6.07) is 2.14. The normalized spacial score (nSPS) is 16.4. The van der Waals surface area contributed by atoms with Crippen molar-refractivity contribution in [3.05, 3.63) is 17.7 Å². The SMILES string of the molecule is O=C(N/N=C/C1CCCCC1)c1cc(O)c(O)c(O)c1. The van der Waals surface area contributed by atoms with E-state index in [1.54, 1.807) is 6.21 Å². The Kier molecular flexibility index (Phi) is 4.45. The van der Waals surface area contributed by atoms with Crippen molar-refractivity contribution in [3.8, 4) is 17.2 Å². The molecule has 0 unspecified atom stereocenters. The highest BCUT2D eigenvalue weighted by Gasteiger charge is 2.14. The van der Waals surface area contributed by atoms with Crippen molar-refractivity contribution >= 4 is 12.1 Å². The fraction of sp³-hybridized carbons (Fsp3) is 0.429. The van der Waals surface area contributed by atoms with Crippen molar-refractivity contribution < 1.29 is 20.1 Å². The summed E-state index contributed by atoms with van der Waals surface area (Å²) in [4.78, 5) is 11.8. The highest BCUT2D eigenvalue weighted by molar-refractivity contribution is 5.95. The summed E-state index contributed by atoms with van der Waals surface area (Å²) in [6.07, 6.45) is 7.52. The van der Waals surface area contributed by atoms with E-state index in [2.05, 4.69) is 10.5 Å². The number of phenolic OH excluding ortho intramolecular Hbond substituents is 3. The number of phenols is 3. The van der Waals surface area contributed by atoms with Crippen molar-refractivity contribution in [1.82, 2.24) is 5.43 Å². The van der Waals surface area contributed by atoms with Crippen LogP contribution in [0.3, 0.4) is 0 Å². The predicted octanol–water partition coefficient (Wildman–Crippen LogP) is 2.10. The Morgan fingerprint density at radius 3 is 2.35 bits per heavy atom. The molecule has 0 bridgehead atoms. The third-order valence-electron chi connectivity index (χ3n) is 3.43. The fourth-order valence-corrected chi connectivity index (χ4v) is 2.28. The first kappa shape index (κ1) is 14.2. The molecule has 1 aliphatic carbocycles. The van der Waals surface area contributed by atoms with Crippen LogP contribution in [0.5, 0.6) is 17.2 Å². The van der Waals surface area contributed by atoms with Gasteiger partial charge in [-0.3, -0.25) is 4.79 Å². The molecule has 0 saturated heterocycles. The third kappa shape index (κ3) is 3.40. The summed E-state index contributed by atoms with van der Waals surface area (Å²) in [6.45, 7) is 0. The molecule has 0 spiro atoms. The lowest BCUT2D eigenvalue weighted by Gasteiger charge is -2.16. The van der Waals surface area contributed by atoms with Crippen LogP contribution in [0.15, 0.2) is 17.2 Å². The predicted molar refractivity (Wildman–Crippen MR) is 74.0 cm³/mol. The third-order valence-corrected chi connectivity index (χ3v) is 3.43. The molecule has 2 rings (SSSR count). The molecule has 0 heterocycles. The molecule has 1 saturated carbocycles. The summed E-state index contributed by atoms with van der Waals surface area (Å²) in [5.41, 5.74) is 2.37. The monoisotopic (exact) mass is 278 g/mol. The Morgan fingerprint density at radius 2 is 1.75 bits per heavy atom. The second kappa shape index (κ2) is 6.27. The van der Waals surface area contributed by atoms with Gasteiger partial charge in [-0.25, -0.2) is 5.43 Å². The van der Waals surface area contributed by atoms with Crippen molar-refractivity contribution in [2.75, 3.05) is 0 Å². The van der Waals surface area contributed by atoms with Crippen LogP contribution in [-0.4, -0.2) is 27.4 Å².